The number of amides is 1. The molecule has 0 aliphatic heterocycles. The third-order valence-electron chi connectivity index (χ3n) is 3.97. The summed E-state index contributed by atoms with van der Waals surface area (Å²) in [6, 6.07) is 9.74. The van der Waals surface area contributed by atoms with E-state index in [0.29, 0.717) is 16.5 Å². The Morgan fingerprint density at radius 2 is 1.90 bits per heavy atom. The number of aryl methyl sites for hydroxylation is 2. The molecule has 1 aromatic heterocycles. The maximum atomic E-state index is 12.3. The maximum Gasteiger partial charge on any atom is 0.252 e. The molecule has 3 nitrogen and oxygen atoms in total. The molecule has 0 saturated heterocycles. The van der Waals surface area contributed by atoms with Crippen LogP contribution in [0.3, 0.4) is 0 Å². The predicted octanol–water partition coefficient (Wildman–Crippen LogP) is 3.89. The van der Waals surface area contributed by atoms with Crippen LogP contribution >= 0.6 is 11.6 Å². The summed E-state index contributed by atoms with van der Waals surface area (Å²) in [5, 5.41) is 3.47. The van der Waals surface area contributed by atoms with Gasteiger partial charge in [-0.3, -0.25) is 4.79 Å². The minimum Gasteiger partial charge on any atom is -0.352 e. The lowest BCUT2D eigenvalue weighted by Crippen LogP contribution is -2.26. The van der Waals surface area contributed by atoms with Crippen LogP contribution < -0.4 is 5.32 Å². The smallest absolute Gasteiger partial charge is 0.252 e. The zero-order chi connectivity index (χ0) is 15.0. The van der Waals surface area contributed by atoms with Crippen LogP contribution in [0.15, 0.2) is 30.3 Å². The average Bonchev–Trinajstić information content (AvgIpc) is 3.23. The fourth-order valence-electron chi connectivity index (χ4n) is 2.56. The van der Waals surface area contributed by atoms with Gasteiger partial charge < -0.3 is 9.88 Å². The second kappa shape index (κ2) is 5.57. The first-order valence-electron chi connectivity index (χ1n) is 7.29. The molecular formula is C17H19ClN2O. The van der Waals surface area contributed by atoms with E-state index in [9.17, 15) is 4.79 Å². The van der Waals surface area contributed by atoms with E-state index in [2.05, 4.69) is 35.9 Å². The van der Waals surface area contributed by atoms with E-state index in [0.717, 1.165) is 23.6 Å². The van der Waals surface area contributed by atoms with Crippen LogP contribution in [-0.4, -0.2) is 17.0 Å². The number of carbonyl (C=O) groups is 1. The summed E-state index contributed by atoms with van der Waals surface area (Å²) in [4.78, 5) is 12.3. The van der Waals surface area contributed by atoms with Crippen molar-refractivity contribution in [3.63, 3.8) is 0 Å². The number of hydrogen-bond acceptors (Lipinski definition) is 1. The highest BCUT2D eigenvalue weighted by Gasteiger charge is 2.22. The molecule has 0 unspecified atom stereocenters. The summed E-state index contributed by atoms with van der Waals surface area (Å²) in [5.41, 5.74) is 3.79. The van der Waals surface area contributed by atoms with Crippen molar-refractivity contribution >= 4 is 17.5 Å². The number of hydrogen-bond donors (Lipinski definition) is 1. The molecule has 1 aliphatic rings. The van der Waals surface area contributed by atoms with E-state index in [4.69, 9.17) is 11.6 Å². The molecule has 0 atom stereocenters. The molecule has 1 heterocycles. The Balaban J connectivity index is 1.90. The molecular weight excluding hydrogens is 284 g/mol. The maximum absolute atomic E-state index is 12.3. The fraction of sp³-hybridized carbons (Fsp3) is 0.353. The second-order valence-corrected chi connectivity index (χ2v) is 6.18. The van der Waals surface area contributed by atoms with Gasteiger partial charge in [-0.15, -0.1) is 0 Å². The Labute approximate surface area is 129 Å². The highest BCUT2D eigenvalue weighted by atomic mass is 35.5. The third kappa shape index (κ3) is 2.98. The van der Waals surface area contributed by atoms with Gasteiger partial charge in [-0.1, -0.05) is 11.6 Å². The van der Waals surface area contributed by atoms with Crippen LogP contribution in [0.2, 0.25) is 5.02 Å². The van der Waals surface area contributed by atoms with Gasteiger partial charge in [0.25, 0.3) is 5.91 Å². The number of carbonyl (C=O) groups excluding carboxylic acids is 1. The molecule has 2 aromatic rings. The van der Waals surface area contributed by atoms with Gasteiger partial charge in [-0.2, -0.15) is 0 Å². The van der Waals surface area contributed by atoms with Crippen molar-refractivity contribution in [2.24, 2.45) is 5.92 Å². The van der Waals surface area contributed by atoms with Gasteiger partial charge in [0.05, 0.1) is 10.6 Å². The lowest BCUT2D eigenvalue weighted by Gasteiger charge is -2.12. The Hall–Kier alpha value is -1.74. The van der Waals surface area contributed by atoms with Crippen LogP contribution in [-0.2, 0) is 0 Å². The summed E-state index contributed by atoms with van der Waals surface area (Å²) in [7, 11) is 0. The molecule has 0 radical (unpaired) electrons. The molecule has 3 rings (SSSR count). The topological polar surface area (TPSA) is 34.0 Å². The first-order chi connectivity index (χ1) is 10.1. The predicted molar refractivity (Wildman–Crippen MR) is 85.3 cm³/mol. The zero-order valence-electron chi connectivity index (χ0n) is 12.3. The molecule has 0 spiro atoms. The molecule has 1 fully saturated rings. The first kappa shape index (κ1) is 14.2. The van der Waals surface area contributed by atoms with Gasteiger partial charge in [0, 0.05) is 23.6 Å². The number of benzene rings is 1. The molecule has 110 valence electrons. The highest BCUT2D eigenvalue weighted by molar-refractivity contribution is 6.33. The van der Waals surface area contributed by atoms with E-state index in [-0.39, 0.29) is 5.91 Å². The molecule has 1 aliphatic carbocycles. The molecule has 1 amide bonds. The minimum atomic E-state index is -0.0868. The zero-order valence-corrected chi connectivity index (χ0v) is 13.1. The van der Waals surface area contributed by atoms with Crippen molar-refractivity contribution in [1.82, 2.24) is 9.88 Å². The quantitative estimate of drug-likeness (QED) is 0.913. The van der Waals surface area contributed by atoms with E-state index in [1.54, 1.807) is 6.07 Å². The summed E-state index contributed by atoms with van der Waals surface area (Å²) >= 11 is 6.19. The number of halogens is 1. The highest BCUT2D eigenvalue weighted by Crippen LogP contribution is 2.28. The van der Waals surface area contributed by atoms with Crippen LogP contribution in [0.4, 0.5) is 0 Å². The van der Waals surface area contributed by atoms with Crippen LogP contribution in [0, 0.1) is 19.8 Å². The number of nitrogens with zero attached hydrogens (tertiary/aromatic N) is 1. The van der Waals surface area contributed by atoms with Crippen LogP contribution in [0.5, 0.6) is 0 Å². The van der Waals surface area contributed by atoms with Crippen molar-refractivity contribution in [2.75, 3.05) is 6.54 Å². The molecule has 0 bridgehead atoms. The van der Waals surface area contributed by atoms with E-state index >= 15 is 0 Å². The number of aromatic nitrogens is 1. The van der Waals surface area contributed by atoms with E-state index in [1.165, 1.54) is 12.8 Å². The normalized spacial score (nSPS) is 14.2. The van der Waals surface area contributed by atoms with Crippen molar-refractivity contribution < 1.29 is 4.79 Å². The molecule has 1 N–H and O–H groups in total. The minimum absolute atomic E-state index is 0.0868. The monoisotopic (exact) mass is 302 g/mol. The molecule has 1 aromatic carbocycles. The van der Waals surface area contributed by atoms with Gasteiger partial charge in [0.15, 0.2) is 0 Å². The fourth-order valence-corrected chi connectivity index (χ4v) is 2.76. The summed E-state index contributed by atoms with van der Waals surface area (Å²) < 4.78 is 2.12. The first-order valence-corrected chi connectivity index (χ1v) is 7.67. The number of nitrogens with one attached hydrogen (secondary N) is 1. The second-order valence-electron chi connectivity index (χ2n) is 5.77. The number of rotatable bonds is 4. The SMILES string of the molecule is Cc1ccc(C)n1-c1ccc(Cl)c(C(=O)NCC2CC2)c1. The largest absolute Gasteiger partial charge is 0.352 e. The third-order valence-corrected chi connectivity index (χ3v) is 4.30. The van der Waals surface area contributed by atoms with Gasteiger partial charge >= 0.3 is 0 Å². The van der Waals surface area contributed by atoms with E-state index in [1.807, 2.05) is 12.1 Å². The molecule has 1 saturated carbocycles. The molecule has 4 heteroatoms. The van der Waals surface area contributed by atoms with Gasteiger partial charge in [-0.25, -0.2) is 0 Å². The Morgan fingerprint density at radius 1 is 1.24 bits per heavy atom. The van der Waals surface area contributed by atoms with Gasteiger partial charge in [0.2, 0.25) is 0 Å². The molecule has 21 heavy (non-hydrogen) atoms. The van der Waals surface area contributed by atoms with Crippen molar-refractivity contribution in [3.8, 4) is 5.69 Å². The standard InChI is InChI=1S/C17H19ClN2O/c1-11-3-4-12(2)20(11)14-7-8-16(18)15(9-14)17(21)19-10-13-5-6-13/h3-4,7-9,13H,5-6,10H2,1-2H3,(H,19,21). The van der Waals surface area contributed by atoms with E-state index < -0.39 is 0 Å². The Kier molecular flexibility index (Phi) is 3.77. The Morgan fingerprint density at radius 3 is 2.52 bits per heavy atom. The lowest BCUT2D eigenvalue weighted by atomic mass is 10.1. The Bertz CT molecular complexity index is 667. The van der Waals surface area contributed by atoms with Crippen LogP contribution in [0.1, 0.15) is 34.6 Å². The van der Waals surface area contributed by atoms with Crippen molar-refractivity contribution in [3.05, 3.63) is 52.3 Å². The summed E-state index contributed by atoms with van der Waals surface area (Å²) in [6.07, 6.45) is 2.44. The van der Waals surface area contributed by atoms with Gasteiger partial charge in [0.1, 0.15) is 0 Å². The summed E-state index contributed by atoms with van der Waals surface area (Å²) in [5.74, 6) is 0.570. The summed E-state index contributed by atoms with van der Waals surface area (Å²) in [6.45, 7) is 4.85. The lowest BCUT2D eigenvalue weighted by molar-refractivity contribution is 0.0952. The average molecular weight is 303 g/mol. The van der Waals surface area contributed by atoms with Crippen LogP contribution in [0.25, 0.3) is 5.69 Å². The van der Waals surface area contributed by atoms with Gasteiger partial charge in [-0.05, 0) is 62.9 Å². The van der Waals surface area contributed by atoms with Crippen molar-refractivity contribution in [1.29, 1.82) is 0 Å². The van der Waals surface area contributed by atoms with Crippen molar-refractivity contribution in [2.45, 2.75) is 26.7 Å².